The number of nitrogens with zero attached hydrogens (tertiary/aromatic N) is 2. The number of fused-ring (bicyclic) bond motifs is 3. The number of benzene rings is 10. The number of rotatable bonds is 9. The van der Waals surface area contributed by atoms with Crippen molar-refractivity contribution in [2.45, 2.75) is 0 Å². The first kappa shape index (κ1) is 36.8. The molecule has 2 nitrogen and oxygen atoms in total. The SMILES string of the molecule is c1ccc(-c2ccc(-c3ccccc3N(c3ccc(-n4c5ccccc5c5ccccc54)cc3)c3cccc(-c4ccccc4)c3-c3ccccc3-c3ccccc3)cc2)cc1. The lowest BCUT2D eigenvalue weighted by Gasteiger charge is -2.31. The van der Waals surface area contributed by atoms with Crippen molar-refractivity contribution in [2.75, 3.05) is 4.90 Å². The van der Waals surface area contributed by atoms with Crippen molar-refractivity contribution in [3.8, 4) is 61.3 Å². The van der Waals surface area contributed by atoms with Gasteiger partial charge in [-0.25, -0.2) is 0 Å². The molecule has 0 aliphatic rings. The van der Waals surface area contributed by atoms with Gasteiger partial charge in [-0.15, -0.1) is 0 Å². The van der Waals surface area contributed by atoms with Crippen molar-refractivity contribution in [1.29, 1.82) is 0 Å². The van der Waals surface area contributed by atoms with Crippen molar-refractivity contribution < 1.29 is 0 Å². The van der Waals surface area contributed by atoms with E-state index in [0.29, 0.717) is 0 Å². The predicted octanol–water partition coefficient (Wildman–Crippen LogP) is 16.6. The van der Waals surface area contributed by atoms with Crippen LogP contribution in [0.2, 0.25) is 0 Å². The highest BCUT2D eigenvalue weighted by atomic mass is 15.1. The Labute approximate surface area is 362 Å². The Balaban J connectivity index is 1.16. The molecule has 0 unspecified atom stereocenters. The largest absolute Gasteiger partial charge is 0.309 e. The Morgan fingerprint density at radius 1 is 0.258 bits per heavy atom. The predicted molar refractivity (Wildman–Crippen MR) is 263 cm³/mol. The Bertz CT molecular complexity index is 3260. The summed E-state index contributed by atoms with van der Waals surface area (Å²) in [4.78, 5) is 2.47. The molecule has 0 fully saturated rings. The highest BCUT2D eigenvalue weighted by Gasteiger charge is 2.25. The summed E-state index contributed by atoms with van der Waals surface area (Å²) in [5.74, 6) is 0. The van der Waals surface area contributed by atoms with Crippen molar-refractivity contribution >= 4 is 38.9 Å². The Hall–Kier alpha value is -8.20. The zero-order chi connectivity index (χ0) is 41.2. The van der Waals surface area contributed by atoms with Crippen LogP contribution in [0, 0.1) is 0 Å². The summed E-state index contributed by atoms with van der Waals surface area (Å²) < 4.78 is 2.39. The maximum atomic E-state index is 2.47. The number of para-hydroxylation sites is 3. The smallest absolute Gasteiger partial charge is 0.0546 e. The highest BCUT2D eigenvalue weighted by Crippen LogP contribution is 2.50. The van der Waals surface area contributed by atoms with Crippen LogP contribution >= 0.6 is 0 Å². The van der Waals surface area contributed by atoms with Crippen LogP contribution in [0.5, 0.6) is 0 Å². The van der Waals surface area contributed by atoms with Crippen LogP contribution in [0.25, 0.3) is 83.1 Å². The summed E-state index contributed by atoms with van der Waals surface area (Å²) in [6.45, 7) is 0. The number of hydrogen-bond acceptors (Lipinski definition) is 1. The van der Waals surface area contributed by atoms with E-state index in [0.717, 1.165) is 33.9 Å². The van der Waals surface area contributed by atoms with Gasteiger partial charge in [0.15, 0.2) is 0 Å². The fourth-order valence-electron chi connectivity index (χ4n) is 9.18. The Morgan fingerprint density at radius 2 is 0.677 bits per heavy atom. The van der Waals surface area contributed by atoms with Gasteiger partial charge in [-0.2, -0.15) is 0 Å². The van der Waals surface area contributed by atoms with Crippen LogP contribution in [0.15, 0.2) is 255 Å². The first-order valence-electron chi connectivity index (χ1n) is 21.3. The number of anilines is 3. The molecule has 0 atom stereocenters. The van der Waals surface area contributed by atoms with Gasteiger partial charge < -0.3 is 9.47 Å². The van der Waals surface area contributed by atoms with E-state index in [9.17, 15) is 0 Å². The fraction of sp³-hybridized carbons (Fsp3) is 0. The van der Waals surface area contributed by atoms with E-state index >= 15 is 0 Å². The van der Waals surface area contributed by atoms with E-state index in [1.54, 1.807) is 0 Å². The van der Waals surface area contributed by atoms with Crippen molar-refractivity contribution in [1.82, 2.24) is 4.57 Å². The third-order valence-electron chi connectivity index (χ3n) is 12.0. The van der Waals surface area contributed by atoms with Crippen LogP contribution in [-0.2, 0) is 0 Å². The van der Waals surface area contributed by atoms with E-state index in [1.165, 1.54) is 66.3 Å². The van der Waals surface area contributed by atoms with Gasteiger partial charge in [0.25, 0.3) is 0 Å². The molecule has 0 spiro atoms. The summed E-state index contributed by atoms with van der Waals surface area (Å²) >= 11 is 0. The summed E-state index contributed by atoms with van der Waals surface area (Å²) in [6.07, 6.45) is 0. The van der Waals surface area contributed by atoms with Crippen LogP contribution in [0.3, 0.4) is 0 Å². The molecule has 62 heavy (non-hydrogen) atoms. The molecule has 10 aromatic carbocycles. The molecular weight excluding hydrogens is 749 g/mol. The topological polar surface area (TPSA) is 8.17 Å². The maximum Gasteiger partial charge on any atom is 0.0546 e. The van der Waals surface area contributed by atoms with Gasteiger partial charge in [-0.3, -0.25) is 0 Å². The summed E-state index contributed by atoms with van der Waals surface area (Å²) in [6, 6.07) is 92.2. The molecule has 11 aromatic rings. The quantitative estimate of drug-likeness (QED) is 0.141. The fourth-order valence-corrected chi connectivity index (χ4v) is 9.18. The van der Waals surface area contributed by atoms with Crippen molar-refractivity contribution in [3.63, 3.8) is 0 Å². The molecule has 0 bridgehead atoms. The monoisotopic (exact) mass is 790 g/mol. The van der Waals surface area contributed by atoms with Gasteiger partial charge in [0.05, 0.1) is 22.4 Å². The maximum absolute atomic E-state index is 2.47. The number of hydrogen-bond donors (Lipinski definition) is 0. The number of aromatic nitrogens is 1. The molecule has 292 valence electrons. The third-order valence-corrected chi connectivity index (χ3v) is 12.0. The zero-order valence-electron chi connectivity index (χ0n) is 34.1. The van der Waals surface area contributed by atoms with E-state index in [-0.39, 0.29) is 0 Å². The molecule has 1 aromatic heterocycles. The average Bonchev–Trinajstić information content (AvgIpc) is 3.70. The standard InChI is InChI=1S/C60H42N2/c1-4-19-43(20-5-1)44-35-37-47(38-36-44)51-26-12-15-31-56(51)62(49-41-39-48(40-42-49)61-57-32-16-13-27-53(57)54-28-14-17-33-58(54)61)59-34-18-30-52(46-23-8-3-9-24-46)60(59)55-29-11-10-25-50(55)45-21-6-2-7-22-45/h1-42H. The molecular formula is C60H42N2. The second kappa shape index (κ2) is 16.1. The minimum absolute atomic E-state index is 1.06. The lowest BCUT2D eigenvalue weighted by atomic mass is 9.87. The normalized spacial score (nSPS) is 11.2. The molecule has 2 heteroatoms. The van der Waals surface area contributed by atoms with E-state index in [2.05, 4.69) is 264 Å². The Kier molecular flexibility index (Phi) is 9.57. The second-order valence-electron chi connectivity index (χ2n) is 15.7. The van der Waals surface area contributed by atoms with Crippen molar-refractivity contribution in [2.24, 2.45) is 0 Å². The third kappa shape index (κ3) is 6.65. The van der Waals surface area contributed by atoms with Crippen LogP contribution < -0.4 is 4.90 Å². The summed E-state index contributed by atoms with van der Waals surface area (Å²) in [5.41, 5.74) is 18.5. The van der Waals surface area contributed by atoms with E-state index < -0.39 is 0 Å². The van der Waals surface area contributed by atoms with Crippen LogP contribution in [-0.4, -0.2) is 4.57 Å². The first-order chi connectivity index (χ1) is 30.8. The Morgan fingerprint density at radius 3 is 1.31 bits per heavy atom. The minimum Gasteiger partial charge on any atom is -0.309 e. The van der Waals surface area contributed by atoms with Crippen LogP contribution in [0.1, 0.15) is 0 Å². The van der Waals surface area contributed by atoms with E-state index in [4.69, 9.17) is 0 Å². The molecule has 0 aliphatic carbocycles. The van der Waals surface area contributed by atoms with Gasteiger partial charge in [-0.05, 0) is 93.0 Å². The highest BCUT2D eigenvalue weighted by molar-refractivity contribution is 6.09. The second-order valence-corrected chi connectivity index (χ2v) is 15.7. The van der Waals surface area contributed by atoms with Crippen molar-refractivity contribution in [3.05, 3.63) is 255 Å². The minimum atomic E-state index is 1.06. The molecule has 0 amide bonds. The van der Waals surface area contributed by atoms with Crippen LogP contribution in [0.4, 0.5) is 17.1 Å². The van der Waals surface area contributed by atoms with Gasteiger partial charge in [0, 0.05) is 33.3 Å². The molecule has 0 saturated carbocycles. The first-order valence-corrected chi connectivity index (χ1v) is 21.3. The molecule has 1 heterocycles. The molecule has 0 radical (unpaired) electrons. The molecule has 0 saturated heterocycles. The van der Waals surface area contributed by atoms with Gasteiger partial charge in [-0.1, -0.05) is 206 Å². The molecule has 0 N–H and O–H groups in total. The van der Waals surface area contributed by atoms with Gasteiger partial charge in [0.1, 0.15) is 0 Å². The molecule has 0 aliphatic heterocycles. The summed E-state index contributed by atoms with van der Waals surface area (Å²) in [7, 11) is 0. The van der Waals surface area contributed by atoms with Gasteiger partial charge >= 0.3 is 0 Å². The van der Waals surface area contributed by atoms with Gasteiger partial charge in [0.2, 0.25) is 0 Å². The average molecular weight is 791 g/mol. The molecule has 11 rings (SSSR count). The lowest BCUT2D eigenvalue weighted by molar-refractivity contribution is 1.17. The zero-order valence-corrected chi connectivity index (χ0v) is 34.1. The summed E-state index contributed by atoms with van der Waals surface area (Å²) in [5, 5.41) is 2.50. The lowest BCUT2D eigenvalue weighted by Crippen LogP contribution is -2.13. The van der Waals surface area contributed by atoms with E-state index in [1.807, 2.05) is 0 Å².